The molecule has 0 saturated carbocycles. The van der Waals surface area contributed by atoms with Crippen LogP contribution in [0.4, 0.5) is 13.2 Å². The first-order valence-electron chi connectivity index (χ1n) is 8.63. The van der Waals surface area contributed by atoms with Gasteiger partial charge in [-0.25, -0.2) is 4.98 Å². The molecule has 28 heavy (non-hydrogen) atoms. The van der Waals surface area contributed by atoms with E-state index in [-0.39, 0.29) is 18.0 Å². The number of benzene rings is 1. The van der Waals surface area contributed by atoms with Crippen molar-refractivity contribution in [2.24, 2.45) is 0 Å². The summed E-state index contributed by atoms with van der Waals surface area (Å²) in [6, 6.07) is 8.82. The van der Waals surface area contributed by atoms with Gasteiger partial charge in [0.25, 0.3) is 5.91 Å². The molecule has 146 valence electrons. The molecule has 1 amide bonds. The molecule has 1 aromatic carbocycles. The molecule has 2 heterocycles. The molecule has 1 N–H and O–H groups in total. The molecule has 0 aliphatic rings. The Kier molecular flexibility index (Phi) is 5.88. The number of carbonyl (C=O) groups excluding carboxylic acids is 1. The molecule has 8 heteroatoms. The summed E-state index contributed by atoms with van der Waals surface area (Å²) in [6.45, 7) is 3.88. The molecule has 0 saturated heterocycles. The van der Waals surface area contributed by atoms with Crippen molar-refractivity contribution in [2.75, 3.05) is 5.75 Å². The minimum atomic E-state index is -4.44. The Balaban J connectivity index is 2.01. The van der Waals surface area contributed by atoms with Gasteiger partial charge in [0, 0.05) is 11.6 Å². The van der Waals surface area contributed by atoms with Crippen LogP contribution in [0, 0.1) is 6.92 Å². The highest BCUT2D eigenvalue weighted by Crippen LogP contribution is 2.34. The summed E-state index contributed by atoms with van der Waals surface area (Å²) in [5.74, 6) is 0.311. The zero-order chi connectivity index (χ0) is 20.3. The lowest BCUT2D eigenvalue weighted by atomic mass is 10.0. The number of aromatic nitrogens is 2. The second kappa shape index (κ2) is 8.18. The van der Waals surface area contributed by atoms with Crippen molar-refractivity contribution >= 4 is 28.6 Å². The van der Waals surface area contributed by atoms with Crippen LogP contribution in [0.5, 0.6) is 0 Å². The Labute approximate surface area is 164 Å². The fourth-order valence-electron chi connectivity index (χ4n) is 2.85. The second-order valence-corrected chi connectivity index (χ2v) is 7.34. The van der Waals surface area contributed by atoms with E-state index in [2.05, 4.69) is 15.3 Å². The number of nitrogens with zero attached hydrogens (tertiary/aromatic N) is 2. The van der Waals surface area contributed by atoms with Crippen LogP contribution in [0.3, 0.4) is 0 Å². The fraction of sp³-hybridized carbons (Fsp3) is 0.250. The van der Waals surface area contributed by atoms with E-state index in [9.17, 15) is 18.0 Å². The molecule has 3 rings (SSSR count). The largest absolute Gasteiger partial charge is 0.416 e. The van der Waals surface area contributed by atoms with Gasteiger partial charge >= 0.3 is 6.18 Å². The number of hydrogen-bond donors (Lipinski definition) is 1. The first-order valence-corrected chi connectivity index (χ1v) is 9.62. The van der Waals surface area contributed by atoms with Crippen LogP contribution < -0.4 is 5.32 Å². The monoisotopic (exact) mass is 405 g/mol. The van der Waals surface area contributed by atoms with Gasteiger partial charge in [0.15, 0.2) is 0 Å². The summed E-state index contributed by atoms with van der Waals surface area (Å²) in [5, 5.41) is 3.77. The third kappa shape index (κ3) is 4.27. The van der Waals surface area contributed by atoms with E-state index in [1.54, 1.807) is 25.3 Å². The zero-order valence-electron chi connectivity index (χ0n) is 15.3. The maximum atomic E-state index is 13.0. The maximum absolute atomic E-state index is 13.0. The van der Waals surface area contributed by atoms with E-state index in [1.807, 2.05) is 13.0 Å². The number of thioether (sulfide) groups is 1. The molecule has 0 radical (unpaired) electrons. The lowest BCUT2D eigenvalue weighted by Crippen LogP contribution is -2.25. The van der Waals surface area contributed by atoms with Gasteiger partial charge in [-0.05, 0) is 42.5 Å². The quantitative estimate of drug-likeness (QED) is 0.607. The van der Waals surface area contributed by atoms with Gasteiger partial charge in [-0.15, -0.1) is 11.8 Å². The minimum Gasteiger partial charge on any atom is -0.346 e. The summed E-state index contributed by atoms with van der Waals surface area (Å²) >= 11 is 1.33. The van der Waals surface area contributed by atoms with Crippen molar-refractivity contribution in [3.05, 3.63) is 65.0 Å². The van der Waals surface area contributed by atoms with E-state index >= 15 is 0 Å². The number of pyridine rings is 2. The molecule has 0 aliphatic carbocycles. The Morgan fingerprint density at radius 3 is 2.64 bits per heavy atom. The van der Waals surface area contributed by atoms with Gasteiger partial charge in [0.05, 0.1) is 28.9 Å². The number of aryl methyl sites for hydroxylation is 1. The van der Waals surface area contributed by atoms with E-state index in [0.29, 0.717) is 33.0 Å². The standard InChI is InChI=1S/C20H18F3N3OS/c1-3-28-19-17(18(27)25-11-14-6-4-5-9-24-14)12(2)15-8-7-13(20(21,22)23)10-16(15)26-19/h4-10H,3,11H2,1-2H3,(H,25,27). The van der Waals surface area contributed by atoms with Crippen LogP contribution in [0.25, 0.3) is 10.9 Å². The van der Waals surface area contributed by atoms with Crippen LogP contribution in [0.1, 0.15) is 34.1 Å². The molecule has 3 aromatic rings. The molecule has 0 unspecified atom stereocenters. The summed E-state index contributed by atoms with van der Waals surface area (Å²) in [5.41, 5.74) is 1.17. The first kappa shape index (κ1) is 20.1. The predicted octanol–water partition coefficient (Wildman–Crippen LogP) is 5.00. The van der Waals surface area contributed by atoms with Crippen molar-refractivity contribution in [1.29, 1.82) is 0 Å². The van der Waals surface area contributed by atoms with Crippen molar-refractivity contribution in [2.45, 2.75) is 31.6 Å². The van der Waals surface area contributed by atoms with Crippen molar-refractivity contribution < 1.29 is 18.0 Å². The number of fused-ring (bicyclic) bond motifs is 1. The number of alkyl halides is 3. The number of amides is 1. The maximum Gasteiger partial charge on any atom is 0.416 e. The van der Waals surface area contributed by atoms with Crippen LogP contribution in [-0.2, 0) is 12.7 Å². The Bertz CT molecular complexity index is 1010. The smallest absolute Gasteiger partial charge is 0.346 e. The molecular formula is C20H18F3N3OS. The molecule has 0 atom stereocenters. The van der Waals surface area contributed by atoms with Crippen LogP contribution >= 0.6 is 11.8 Å². The summed E-state index contributed by atoms with van der Waals surface area (Å²) in [4.78, 5) is 21.4. The fourth-order valence-corrected chi connectivity index (χ4v) is 3.67. The number of hydrogen-bond acceptors (Lipinski definition) is 4. The highest BCUT2D eigenvalue weighted by Gasteiger charge is 2.31. The van der Waals surface area contributed by atoms with Crippen LogP contribution in [0.15, 0.2) is 47.6 Å². The molecule has 0 aliphatic heterocycles. The molecule has 0 spiro atoms. The topological polar surface area (TPSA) is 54.9 Å². The van der Waals surface area contributed by atoms with Crippen LogP contribution in [-0.4, -0.2) is 21.6 Å². The number of halogens is 3. The highest BCUT2D eigenvalue weighted by molar-refractivity contribution is 7.99. The van der Waals surface area contributed by atoms with Crippen molar-refractivity contribution in [1.82, 2.24) is 15.3 Å². The third-order valence-electron chi connectivity index (χ3n) is 4.20. The Morgan fingerprint density at radius 2 is 2.00 bits per heavy atom. The second-order valence-electron chi connectivity index (χ2n) is 6.08. The predicted molar refractivity (Wildman–Crippen MR) is 103 cm³/mol. The van der Waals surface area contributed by atoms with Gasteiger partial charge in [0.1, 0.15) is 5.03 Å². The molecule has 0 bridgehead atoms. The lowest BCUT2D eigenvalue weighted by Gasteiger charge is -2.15. The molecule has 0 fully saturated rings. The minimum absolute atomic E-state index is 0.226. The molecule has 4 nitrogen and oxygen atoms in total. The molecular weight excluding hydrogens is 387 g/mol. The average Bonchev–Trinajstić information content (AvgIpc) is 2.66. The SMILES string of the molecule is CCSc1nc2cc(C(F)(F)F)ccc2c(C)c1C(=O)NCc1ccccn1. The van der Waals surface area contributed by atoms with Gasteiger partial charge in [-0.1, -0.05) is 19.1 Å². The average molecular weight is 405 g/mol. The third-order valence-corrected chi connectivity index (χ3v) is 5.06. The van der Waals surface area contributed by atoms with Crippen molar-refractivity contribution in [3.63, 3.8) is 0 Å². The highest BCUT2D eigenvalue weighted by atomic mass is 32.2. The Hall–Kier alpha value is -2.61. The van der Waals surface area contributed by atoms with Gasteiger partial charge in [-0.3, -0.25) is 9.78 Å². The zero-order valence-corrected chi connectivity index (χ0v) is 16.1. The van der Waals surface area contributed by atoms with E-state index in [0.717, 1.165) is 12.1 Å². The van der Waals surface area contributed by atoms with Crippen LogP contribution in [0.2, 0.25) is 0 Å². The number of nitrogens with one attached hydrogen (secondary N) is 1. The Morgan fingerprint density at radius 1 is 1.21 bits per heavy atom. The van der Waals surface area contributed by atoms with Gasteiger partial charge < -0.3 is 5.32 Å². The summed E-state index contributed by atoms with van der Waals surface area (Å²) in [6.07, 6.45) is -2.80. The normalized spacial score (nSPS) is 11.6. The van der Waals surface area contributed by atoms with Crippen molar-refractivity contribution in [3.8, 4) is 0 Å². The van der Waals surface area contributed by atoms with E-state index in [4.69, 9.17) is 0 Å². The van der Waals surface area contributed by atoms with E-state index < -0.39 is 11.7 Å². The van der Waals surface area contributed by atoms with Gasteiger partial charge in [0.2, 0.25) is 0 Å². The molecule has 2 aromatic heterocycles. The number of rotatable bonds is 5. The first-order chi connectivity index (χ1) is 13.3. The summed E-state index contributed by atoms with van der Waals surface area (Å²) in [7, 11) is 0. The summed E-state index contributed by atoms with van der Waals surface area (Å²) < 4.78 is 39.1. The lowest BCUT2D eigenvalue weighted by molar-refractivity contribution is -0.137. The van der Waals surface area contributed by atoms with E-state index in [1.165, 1.54) is 17.8 Å². The number of carbonyl (C=O) groups is 1. The van der Waals surface area contributed by atoms with Gasteiger partial charge in [-0.2, -0.15) is 13.2 Å².